The van der Waals surface area contributed by atoms with Crippen molar-refractivity contribution in [2.75, 3.05) is 30.9 Å². The molecule has 0 saturated carbocycles. The van der Waals surface area contributed by atoms with Gasteiger partial charge in [-0.05, 0) is 19.1 Å². The molecular formula is C10H15N3O2. The number of anilines is 2. The molecule has 15 heavy (non-hydrogen) atoms. The summed E-state index contributed by atoms with van der Waals surface area (Å²) in [4.78, 5) is 16.9. The molecule has 0 radical (unpaired) electrons. The second-order valence-electron chi connectivity index (χ2n) is 2.91. The van der Waals surface area contributed by atoms with E-state index in [0.29, 0.717) is 12.3 Å². The minimum atomic E-state index is -0.378. The molecule has 5 nitrogen and oxygen atoms in total. The van der Waals surface area contributed by atoms with E-state index in [2.05, 4.69) is 10.3 Å². The standard InChI is InChI=1S/C10H15N3O2/c1-4-15-10(14)13(3)8-5-6-9(11-2)12-7-8/h5-7H,4H2,1-3H3,(H,11,12). The van der Waals surface area contributed by atoms with Gasteiger partial charge in [-0.1, -0.05) is 0 Å². The van der Waals surface area contributed by atoms with E-state index < -0.39 is 0 Å². The van der Waals surface area contributed by atoms with Gasteiger partial charge in [0, 0.05) is 14.1 Å². The molecular weight excluding hydrogens is 194 g/mol. The van der Waals surface area contributed by atoms with Crippen LogP contribution in [0.15, 0.2) is 18.3 Å². The van der Waals surface area contributed by atoms with Crippen molar-refractivity contribution >= 4 is 17.6 Å². The summed E-state index contributed by atoms with van der Waals surface area (Å²) >= 11 is 0. The Morgan fingerprint density at radius 1 is 1.60 bits per heavy atom. The van der Waals surface area contributed by atoms with Crippen LogP contribution in [-0.2, 0) is 4.74 Å². The van der Waals surface area contributed by atoms with Crippen molar-refractivity contribution < 1.29 is 9.53 Å². The molecule has 1 rings (SSSR count). The lowest BCUT2D eigenvalue weighted by Gasteiger charge is -2.16. The molecule has 0 unspecified atom stereocenters. The highest BCUT2D eigenvalue weighted by molar-refractivity contribution is 5.86. The maximum absolute atomic E-state index is 11.4. The summed E-state index contributed by atoms with van der Waals surface area (Å²) in [6.07, 6.45) is 1.24. The molecule has 5 heteroatoms. The summed E-state index contributed by atoms with van der Waals surface area (Å²) in [6.45, 7) is 2.14. The highest BCUT2D eigenvalue weighted by Crippen LogP contribution is 2.13. The van der Waals surface area contributed by atoms with E-state index in [1.54, 1.807) is 39.3 Å². The van der Waals surface area contributed by atoms with E-state index in [1.807, 2.05) is 0 Å². The first-order valence-corrected chi connectivity index (χ1v) is 4.73. The number of aromatic nitrogens is 1. The Labute approximate surface area is 89.1 Å². The highest BCUT2D eigenvalue weighted by Gasteiger charge is 2.11. The van der Waals surface area contributed by atoms with Crippen molar-refractivity contribution in [1.29, 1.82) is 0 Å². The molecule has 1 N–H and O–H groups in total. The number of ether oxygens (including phenoxy) is 1. The van der Waals surface area contributed by atoms with Gasteiger partial charge in [0.2, 0.25) is 0 Å². The average molecular weight is 209 g/mol. The Morgan fingerprint density at radius 3 is 2.80 bits per heavy atom. The highest BCUT2D eigenvalue weighted by atomic mass is 16.6. The number of hydrogen-bond acceptors (Lipinski definition) is 4. The van der Waals surface area contributed by atoms with Gasteiger partial charge in [-0.2, -0.15) is 0 Å². The summed E-state index contributed by atoms with van der Waals surface area (Å²) in [6, 6.07) is 3.60. The molecule has 0 aromatic carbocycles. The van der Waals surface area contributed by atoms with Crippen molar-refractivity contribution in [2.45, 2.75) is 6.92 Å². The molecule has 0 aliphatic carbocycles. The first kappa shape index (κ1) is 11.3. The fourth-order valence-electron chi connectivity index (χ4n) is 1.06. The van der Waals surface area contributed by atoms with Crippen LogP contribution in [-0.4, -0.2) is 31.8 Å². The number of pyridine rings is 1. The van der Waals surface area contributed by atoms with Gasteiger partial charge in [0.05, 0.1) is 18.5 Å². The van der Waals surface area contributed by atoms with E-state index in [0.717, 1.165) is 5.82 Å². The lowest BCUT2D eigenvalue weighted by molar-refractivity contribution is 0.161. The maximum Gasteiger partial charge on any atom is 0.414 e. The van der Waals surface area contributed by atoms with E-state index in [9.17, 15) is 4.79 Å². The lowest BCUT2D eigenvalue weighted by atomic mass is 10.4. The van der Waals surface area contributed by atoms with Gasteiger partial charge in [-0.25, -0.2) is 9.78 Å². The van der Waals surface area contributed by atoms with Crippen LogP contribution in [0.1, 0.15) is 6.92 Å². The van der Waals surface area contributed by atoms with Gasteiger partial charge < -0.3 is 10.1 Å². The zero-order chi connectivity index (χ0) is 11.3. The van der Waals surface area contributed by atoms with E-state index in [4.69, 9.17) is 4.74 Å². The summed E-state index contributed by atoms with van der Waals surface area (Å²) in [5.41, 5.74) is 0.701. The Hall–Kier alpha value is -1.78. The topological polar surface area (TPSA) is 54.5 Å². The van der Waals surface area contributed by atoms with Crippen molar-refractivity contribution in [2.24, 2.45) is 0 Å². The van der Waals surface area contributed by atoms with Gasteiger partial charge >= 0.3 is 6.09 Å². The summed E-state index contributed by atoms with van der Waals surface area (Å²) in [7, 11) is 3.44. The Kier molecular flexibility index (Phi) is 3.91. The first-order chi connectivity index (χ1) is 7.19. The van der Waals surface area contributed by atoms with Crippen molar-refractivity contribution in [3.63, 3.8) is 0 Å². The minimum Gasteiger partial charge on any atom is -0.449 e. The third-order valence-corrected chi connectivity index (χ3v) is 1.93. The van der Waals surface area contributed by atoms with Gasteiger partial charge in [-0.15, -0.1) is 0 Å². The van der Waals surface area contributed by atoms with Crippen molar-refractivity contribution in [3.8, 4) is 0 Å². The second kappa shape index (κ2) is 5.19. The first-order valence-electron chi connectivity index (χ1n) is 4.73. The van der Waals surface area contributed by atoms with E-state index in [1.165, 1.54) is 4.90 Å². The second-order valence-corrected chi connectivity index (χ2v) is 2.91. The van der Waals surface area contributed by atoms with Gasteiger partial charge in [0.15, 0.2) is 0 Å². The Balaban J connectivity index is 2.73. The van der Waals surface area contributed by atoms with Crippen LogP contribution in [0.4, 0.5) is 16.3 Å². The largest absolute Gasteiger partial charge is 0.449 e. The SMILES string of the molecule is CCOC(=O)N(C)c1ccc(NC)nc1. The van der Waals surface area contributed by atoms with Crippen LogP contribution in [0, 0.1) is 0 Å². The van der Waals surface area contributed by atoms with Crippen LogP contribution in [0.3, 0.4) is 0 Å². The molecule has 0 bridgehead atoms. The molecule has 1 aromatic rings. The summed E-state index contributed by atoms with van der Waals surface area (Å²) in [5, 5.41) is 2.90. The Morgan fingerprint density at radius 2 is 2.33 bits per heavy atom. The molecule has 0 fully saturated rings. The smallest absolute Gasteiger partial charge is 0.414 e. The van der Waals surface area contributed by atoms with Crippen molar-refractivity contribution in [1.82, 2.24) is 4.98 Å². The van der Waals surface area contributed by atoms with Gasteiger partial charge in [0.1, 0.15) is 5.82 Å². The van der Waals surface area contributed by atoms with Crippen LogP contribution in [0.25, 0.3) is 0 Å². The molecule has 0 spiro atoms. The van der Waals surface area contributed by atoms with Crippen LogP contribution < -0.4 is 10.2 Å². The normalized spacial score (nSPS) is 9.53. The molecule has 1 aromatic heterocycles. The number of nitrogens with one attached hydrogen (secondary N) is 1. The predicted octanol–water partition coefficient (Wildman–Crippen LogP) is 1.72. The average Bonchev–Trinajstić information content (AvgIpc) is 2.28. The van der Waals surface area contributed by atoms with Gasteiger partial charge in [-0.3, -0.25) is 4.90 Å². The lowest BCUT2D eigenvalue weighted by Crippen LogP contribution is -2.27. The summed E-state index contributed by atoms with van der Waals surface area (Å²) < 4.78 is 4.86. The van der Waals surface area contributed by atoms with Gasteiger partial charge in [0.25, 0.3) is 0 Å². The molecule has 1 heterocycles. The number of hydrogen-bond donors (Lipinski definition) is 1. The van der Waals surface area contributed by atoms with Crippen LogP contribution in [0.5, 0.6) is 0 Å². The Bertz CT molecular complexity index is 324. The number of carbonyl (C=O) groups excluding carboxylic acids is 1. The molecule has 0 aliphatic heterocycles. The third-order valence-electron chi connectivity index (χ3n) is 1.93. The zero-order valence-corrected chi connectivity index (χ0v) is 9.15. The number of carbonyl (C=O) groups is 1. The molecule has 82 valence electrons. The zero-order valence-electron chi connectivity index (χ0n) is 9.15. The molecule has 0 saturated heterocycles. The fraction of sp³-hybridized carbons (Fsp3) is 0.400. The number of nitrogens with zero attached hydrogens (tertiary/aromatic N) is 2. The third kappa shape index (κ3) is 2.83. The van der Waals surface area contributed by atoms with E-state index >= 15 is 0 Å². The molecule has 0 atom stereocenters. The number of amides is 1. The molecule has 1 amide bonds. The minimum absolute atomic E-state index is 0.366. The molecule has 0 aliphatic rings. The monoisotopic (exact) mass is 209 g/mol. The number of rotatable bonds is 3. The maximum atomic E-state index is 11.4. The van der Waals surface area contributed by atoms with Crippen LogP contribution >= 0.6 is 0 Å². The summed E-state index contributed by atoms with van der Waals surface area (Å²) in [5.74, 6) is 0.760. The van der Waals surface area contributed by atoms with Crippen LogP contribution in [0.2, 0.25) is 0 Å². The predicted molar refractivity (Wildman–Crippen MR) is 59.2 cm³/mol. The van der Waals surface area contributed by atoms with E-state index in [-0.39, 0.29) is 6.09 Å². The van der Waals surface area contributed by atoms with Crippen molar-refractivity contribution in [3.05, 3.63) is 18.3 Å². The quantitative estimate of drug-likeness (QED) is 0.823. The fourth-order valence-corrected chi connectivity index (χ4v) is 1.06.